The minimum Gasteiger partial charge on any atom is -0.404 e. The minimum atomic E-state index is -5.02. The fourth-order valence-corrected chi connectivity index (χ4v) is 1.25. The topological polar surface area (TPSA) is 22.1 Å². The highest BCUT2D eigenvalue weighted by atomic mass is 79.9. The van der Waals surface area contributed by atoms with Gasteiger partial charge in [-0.05, 0) is 34.5 Å². The average molecular weight is 306 g/mol. The second-order valence-corrected chi connectivity index (χ2v) is 3.58. The van der Waals surface area contributed by atoms with Crippen molar-refractivity contribution < 1.29 is 26.7 Å². The van der Waals surface area contributed by atoms with Crippen molar-refractivity contribution in [1.82, 2.24) is 4.98 Å². The highest BCUT2D eigenvalue weighted by Gasteiger charge is 2.34. The zero-order chi connectivity index (χ0) is 12.5. The third-order valence-corrected chi connectivity index (χ3v) is 2.38. The molecule has 8 heteroatoms. The summed E-state index contributed by atoms with van der Waals surface area (Å²) in [6, 6.07) is 0.853. The molecule has 1 heterocycles. The summed E-state index contributed by atoms with van der Waals surface area (Å²) in [6.45, 7) is 1.41. The summed E-state index contributed by atoms with van der Waals surface area (Å²) in [5, 5.41) is 0. The number of alkyl halides is 5. The van der Waals surface area contributed by atoms with Crippen molar-refractivity contribution in [3.8, 4) is 5.75 Å². The minimum absolute atomic E-state index is 0.0531. The number of aromatic nitrogens is 1. The summed E-state index contributed by atoms with van der Waals surface area (Å²) >= 11 is 2.85. The maximum atomic E-state index is 12.4. The van der Waals surface area contributed by atoms with Crippen LogP contribution in [0.1, 0.15) is 17.7 Å². The highest BCUT2D eigenvalue weighted by molar-refractivity contribution is 9.10. The van der Waals surface area contributed by atoms with E-state index < -0.39 is 24.2 Å². The van der Waals surface area contributed by atoms with Crippen LogP contribution in [0.2, 0.25) is 0 Å². The third kappa shape index (κ3) is 3.29. The van der Waals surface area contributed by atoms with Gasteiger partial charge in [-0.2, -0.15) is 0 Å². The fraction of sp³-hybridized carbons (Fsp3) is 0.375. The molecule has 1 aromatic heterocycles. The monoisotopic (exact) mass is 305 g/mol. The Morgan fingerprint density at radius 3 is 2.38 bits per heavy atom. The summed E-state index contributed by atoms with van der Waals surface area (Å²) in [7, 11) is 0. The Balaban J connectivity index is 3.20. The Labute approximate surface area is 95.6 Å². The van der Waals surface area contributed by atoms with Gasteiger partial charge in [-0.3, -0.25) is 0 Å². The van der Waals surface area contributed by atoms with Crippen LogP contribution in [-0.4, -0.2) is 11.3 Å². The van der Waals surface area contributed by atoms with Gasteiger partial charge >= 0.3 is 6.36 Å². The van der Waals surface area contributed by atoms with Gasteiger partial charge in [-0.25, -0.2) is 13.8 Å². The van der Waals surface area contributed by atoms with E-state index in [1.165, 1.54) is 6.92 Å². The lowest BCUT2D eigenvalue weighted by molar-refractivity contribution is -0.275. The lowest BCUT2D eigenvalue weighted by atomic mass is 10.2. The van der Waals surface area contributed by atoms with Crippen molar-refractivity contribution in [2.75, 3.05) is 0 Å². The van der Waals surface area contributed by atoms with Crippen LogP contribution in [0.4, 0.5) is 22.0 Å². The van der Waals surface area contributed by atoms with Gasteiger partial charge in [0.1, 0.15) is 10.3 Å². The molecule has 0 unspecified atom stereocenters. The van der Waals surface area contributed by atoms with Crippen molar-refractivity contribution in [1.29, 1.82) is 0 Å². The predicted octanol–water partition coefficient (Wildman–Crippen LogP) is 3.99. The van der Waals surface area contributed by atoms with Gasteiger partial charge in [-0.1, -0.05) is 0 Å². The number of ether oxygens (including phenoxy) is 1. The van der Waals surface area contributed by atoms with Crippen molar-refractivity contribution in [3.63, 3.8) is 0 Å². The number of hydrogen-bond acceptors (Lipinski definition) is 2. The third-order valence-electron chi connectivity index (χ3n) is 1.58. The highest BCUT2D eigenvalue weighted by Crippen LogP contribution is 2.34. The lowest BCUT2D eigenvalue weighted by Crippen LogP contribution is -2.19. The summed E-state index contributed by atoms with van der Waals surface area (Å²) in [5.74, 6) is -0.983. The van der Waals surface area contributed by atoms with E-state index in [9.17, 15) is 22.0 Å². The number of pyridine rings is 1. The van der Waals surface area contributed by atoms with Crippen LogP contribution < -0.4 is 4.74 Å². The second-order valence-electron chi connectivity index (χ2n) is 2.83. The first-order chi connectivity index (χ1) is 7.20. The van der Waals surface area contributed by atoms with Gasteiger partial charge in [-0.15, -0.1) is 13.2 Å². The smallest absolute Gasteiger partial charge is 0.404 e. The molecule has 0 atom stereocenters. The van der Waals surface area contributed by atoms with Crippen molar-refractivity contribution in [2.24, 2.45) is 0 Å². The van der Waals surface area contributed by atoms with E-state index >= 15 is 0 Å². The largest absolute Gasteiger partial charge is 0.573 e. The van der Waals surface area contributed by atoms with Crippen LogP contribution in [0.3, 0.4) is 0 Å². The molecule has 0 saturated carbocycles. The van der Waals surface area contributed by atoms with Gasteiger partial charge in [0.25, 0.3) is 6.43 Å². The van der Waals surface area contributed by atoms with E-state index in [-0.39, 0.29) is 10.2 Å². The Morgan fingerprint density at radius 2 is 1.94 bits per heavy atom. The number of hydrogen-bond donors (Lipinski definition) is 0. The van der Waals surface area contributed by atoms with E-state index in [0.717, 1.165) is 6.07 Å². The van der Waals surface area contributed by atoms with E-state index in [4.69, 9.17) is 0 Å². The molecule has 16 heavy (non-hydrogen) atoms. The van der Waals surface area contributed by atoms with E-state index in [1.807, 2.05) is 0 Å². The normalized spacial score (nSPS) is 12.0. The van der Waals surface area contributed by atoms with Crippen LogP contribution in [0.5, 0.6) is 5.75 Å². The van der Waals surface area contributed by atoms with Gasteiger partial charge in [0.15, 0.2) is 5.75 Å². The van der Waals surface area contributed by atoms with E-state index in [1.54, 1.807) is 0 Å². The molecule has 0 saturated heterocycles. The molecule has 0 bridgehead atoms. The van der Waals surface area contributed by atoms with Crippen molar-refractivity contribution in [3.05, 3.63) is 21.9 Å². The summed E-state index contributed by atoms with van der Waals surface area (Å²) in [6.07, 6.45) is -8.17. The first-order valence-corrected chi connectivity index (χ1v) is 4.71. The van der Waals surface area contributed by atoms with Gasteiger partial charge in [0.2, 0.25) is 0 Å². The van der Waals surface area contributed by atoms with Crippen molar-refractivity contribution in [2.45, 2.75) is 19.7 Å². The van der Waals surface area contributed by atoms with Crippen LogP contribution in [-0.2, 0) is 0 Å². The number of halogens is 6. The molecule has 1 aromatic rings. The van der Waals surface area contributed by atoms with Crippen LogP contribution in [0.25, 0.3) is 0 Å². The molecule has 1 rings (SSSR count). The number of aryl methyl sites for hydroxylation is 1. The van der Waals surface area contributed by atoms with Gasteiger partial charge in [0.05, 0.1) is 0 Å². The number of rotatable bonds is 2. The van der Waals surface area contributed by atoms with E-state index in [2.05, 4.69) is 25.7 Å². The standard InChI is InChI=1S/C8H5BrF5NO/c1-3-2-4(16-8(12,13)14)5(7(10)11)15-6(3)9/h2,7H,1H3. The molecule has 2 nitrogen and oxygen atoms in total. The SMILES string of the molecule is Cc1cc(OC(F)(F)F)c(C(F)F)nc1Br. The molecule has 90 valence electrons. The molecular formula is C8H5BrF5NO. The fourth-order valence-electron chi connectivity index (χ4n) is 0.942. The molecule has 0 fully saturated rings. The second kappa shape index (κ2) is 4.52. The molecule has 0 N–H and O–H groups in total. The molecule has 0 aliphatic heterocycles. The Bertz CT molecular complexity index is 393. The maximum Gasteiger partial charge on any atom is 0.573 e. The quantitative estimate of drug-likeness (QED) is 0.609. The molecular weight excluding hydrogens is 301 g/mol. The molecule has 0 aliphatic carbocycles. The van der Waals surface area contributed by atoms with Gasteiger partial charge in [0, 0.05) is 0 Å². The van der Waals surface area contributed by atoms with E-state index in [0.29, 0.717) is 0 Å². The predicted molar refractivity (Wildman–Crippen MR) is 48.3 cm³/mol. The molecule has 0 amide bonds. The first kappa shape index (κ1) is 13.1. The summed E-state index contributed by atoms with van der Waals surface area (Å²) in [4.78, 5) is 3.30. The Hall–Kier alpha value is -0.920. The number of nitrogens with zero attached hydrogens (tertiary/aromatic N) is 1. The average Bonchev–Trinajstić information content (AvgIpc) is 2.07. The summed E-state index contributed by atoms with van der Waals surface area (Å²) in [5.41, 5.74) is -0.779. The Morgan fingerprint density at radius 1 is 1.38 bits per heavy atom. The Kier molecular flexibility index (Phi) is 3.72. The molecule has 0 radical (unpaired) electrons. The maximum absolute atomic E-state index is 12.4. The van der Waals surface area contributed by atoms with Crippen LogP contribution in [0, 0.1) is 6.92 Å². The zero-order valence-corrected chi connectivity index (χ0v) is 9.36. The van der Waals surface area contributed by atoms with Crippen LogP contribution in [0.15, 0.2) is 10.7 Å². The van der Waals surface area contributed by atoms with Crippen molar-refractivity contribution >= 4 is 15.9 Å². The molecule has 0 spiro atoms. The lowest BCUT2D eigenvalue weighted by Gasteiger charge is -2.13. The molecule has 0 aliphatic rings. The van der Waals surface area contributed by atoms with Gasteiger partial charge < -0.3 is 4.74 Å². The van der Waals surface area contributed by atoms with Crippen LogP contribution >= 0.6 is 15.9 Å². The molecule has 0 aromatic carbocycles. The summed E-state index contributed by atoms with van der Waals surface area (Å²) < 4.78 is 64.0. The first-order valence-electron chi connectivity index (χ1n) is 3.91. The zero-order valence-electron chi connectivity index (χ0n) is 7.78.